The number of alkyl carbamates (subject to hydrolysis) is 1. The van der Waals surface area contributed by atoms with Crippen LogP contribution in [0.3, 0.4) is 0 Å². The molecule has 2 saturated heterocycles. The number of carbonyl (C=O) groups is 1. The number of nitrogens with zero attached hydrogens (tertiary/aromatic N) is 1. The van der Waals surface area contributed by atoms with Crippen molar-refractivity contribution in [2.24, 2.45) is 11.8 Å². The Hall–Kier alpha value is -1.96. The average molecular weight is 559 g/mol. The van der Waals surface area contributed by atoms with Gasteiger partial charge in [-0.1, -0.05) is 27.2 Å². The number of hydrogen-bond donors (Lipinski definition) is 2. The number of methoxy groups -OCH3 is 1. The summed E-state index contributed by atoms with van der Waals surface area (Å²) in [5, 5.41) is 13.9. The number of fused-ring (bicyclic) bond motifs is 1. The summed E-state index contributed by atoms with van der Waals surface area (Å²) in [6, 6.07) is 5.20. The van der Waals surface area contributed by atoms with E-state index >= 15 is 0 Å². The summed E-state index contributed by atoms with van der Waals surface area (Å²) < 4.78 is 55.7. The van der Waals surface area contributed by atoms with E-state index in [0.717, 1.165) is 19.3 Å². The van der Waals surface area contributed by atoms with Crippen molar-refractivity contribution in [3.63, 3.8) is 0 Å². The summed E-state index contributed by atoms with van der Waals surface area (Å²) >= 11 is 0. The minimum absolute atomic E-state index is 0.00338. The molecule has 3 rings (SSSR count). The number of benzene rings is 1. The summed E-state index contributed by atoms with van der Waals surface area (Å²) in [5.74, 6) is 0.506. The second-order valence-corrected chi connectivity index (χ2v) is 12.0. The van der Waals surface area contributed by atoms with E-state index in [4.69, 9.17) is 23.7 Å². The number of sulfonamides is 1. The van der Waals surface area contributed by atoms with Crippen LogP contribution in [-0.4, -0.2) is 95.1 Å². The first-order chi connectivity index (χ1) is 18.1. The molecule has 2 aliphatic rings. The van der Waals surface area contributed by atoms with Crippen LogP contribution in [0.15, 0.2) is 29.2 Å². The summed E-state index contributed by atoms with van der Waals surface area (Å²) in [7, 11) is -2.43. The first kappa shape index (κ1) is 30.6. The van der Waals surface area contributed by atoms with E-state index < -0.39 is 34.4 Å². The number of aliphatic hydroxyl groups is 1. The highest BCUT2D eigenvalue weighted by molar-refractivity contribution is 7.89. The molecule has 2 N–H and O–H groups in total. The lowest BCUT2D eigenvalue weighted by molar-refractivity contribution is -0.0907. The van der Waals surface area contributed by atoms with Gasteiger partial charge in [0, 0.05) is 19.7 Å². The Labute approximate surface area is 225 Å². The van der Waals surface area contributed by atoms with Gasteiger partial charge in [0.05, 0.1) is 49.9 Å². The van der Waals surface area contributed by atoms with E-state index in [1.165, 1.54) is 23.5 Å². The van der Waals surface area contributed by atoms with Crippen LogP contribution in [0.5, 0.6) is 5.75 Å². The molecule has 2 aliphatic heterocycles. The molecule has 2 fully saturated rings. The maximum Gasteiger partial charge on any atom is 0.407 e. The highest BCUT2D eigenvalue weighted by Crippen LogP contribution is 2.33. The normalized spacial score (nSPS) is 22.9. The quantitative estimate of drug-likeness (QED) is 0.311. The van der Waals surface area contributed by atoms with Gasteiger partial charge in [0.15, 0.2) is 6.29 Å². The van der Waals surface area contributed by atoms with Crippen LogP contribution in [-0.2, 0) is 29.0 Å². The van der Waals surface area contributed by atoms with Crippen molar-refractivity contribution in [1.29, 1.82) is 0 Å². The van der Waals surface area contributed by atoms with Gasteiger partial charge in [0.2, 0.25) is 10.0 Å². The Morgan fingerprint density at radius 3 is 2.61 bits per heavy atom. The van der Waals surface area contributed by atoms with Gasteiger partial charge in [0.25, 0.3) is 0 Å². The largest absolute Gasteiger partial charge is 0.497 e. The van der Waals surface area contributed by atoms with Crippen LogP contribution in [0.1, 0.15) is 40.0 Å². The Balaban J connectivity index is 1.71. The van der Waals surface area contributed by atoms with Gasteiger partial charge in [-0.3, -0.25) is 0 Å². The monoisotopic (exact) mass is 558 g/mol. The summed E-state index contributed by atoms with van der Waals surface area (Å²) in [6.45, 7) is 7.02. The lowest BCUT2D eigenvalue weighted by Gasteiger charge is -2.30. The highest BCUT2D eigenvalue weighted by Gasteiger charge is 2.44. The van der Waals surface area contributed by atoms with Crippen molar-refractivity contribution in [3.8, 4) is 5.75 Å². The third kappa shape index (κ3) is 8.27. The van der Waals surface area contributed by atoms with Crippen molar-refractivity contribution < 1.29 is 42.0 Å². The number of carbonyl (C=O) groups excluding carboxylic acids is 1. The molecule has 1 aromatic rings. The highest BCUT2D eigenvalue weighted by atomic mass is 32.2. The molecule has 38 heavy (non-hydrogen) atoms. The van der Waals surface area contributed by atoms with Crippen molar-refractivity contribution in [3.05, 3.63) is 24.3 Å². The van der Waals surface area contributed by atoms with Gasteiger partial charge in [-0.05, 0) is 43.0 Å². The van der Waals surface area contributed by atoms with Crippen molar-refractivity contribution in [2.75, 3.05) is 46.6 Å². The molecular weight excluding hydrogens is 516 g/mol. The van der Waals surface area contributed by atoms with E-state index in [0.29, 0.717) is 19.0 Å². The molecule has 0 unspecified atom stereocenters. The molecular formula is C26H42N2O9S. The zero-order valence-electron chi connectivity index (χ0n) is 22.7. The zero-order valence-corrected chi connectivity index (χ0v) is 23.5. The summed E-state index contributed by atoms with van der Waals surface area (Å²) in [5.41, 5.74) is 0. The van der Waals surface area contributed by atoms with Crippen molar-refractivity contribution in [2.45, 2.75) is 69.5 Å². The maximum atomic E-state index is 13.5. The molecule has 0 aliphatic carbocycles. The Morgan fingerprint density at radius 2 is 1.95 bits per heavy atom. The molecule has 1 aromatic carbocycles. The van der Waals surface area contributed by atoms with Gasteiger partial charge < -0.3 is 34.1 Å². The first-order valence-electron chi connectivity index (χ1n) is 13.3. The topological polar surface area (TPSA) is 133 Å². The predicted molar refractivity (Wildman–Crippen MR) is 139 cm³/mol. The van der Waals surface area contributed by atoms with E-state index in [1.807, 2.05) is 20.8 Å². The van der Waals surface area contributed by atoms with Crippen LogP contribution in [0.4, 0.5) is 4.79 Å². The second kappa shape index (κ2) is 14.4. The number of aliphatic hydroxyl groups excluding tert-OH is 1. The second-order valence-electron chi connectivity index (χ2n) is 10.1. The number of ether oxygens (including phenoxy) is 5. The maximum absolute atomic E-state index is 13.5. The van der Waals surface area contributed by atoms with E-state index in [-0.39, 0.29) is 49.3 Å². The molecule has 0 bridgehead atoms. The molecule has 2 heterocycles. The van der Waals surface area contributed by atoms with Gasteiger partial charge in [-0.2, -0.15) is 4.31 Å². The smallest absolute Gasteiger partial charge is 0.407 e. The molecule has 216 valence electrons. The Morgan fingerprint density at radius 1 is 1.21 bits per heavy atom. The van der Waals surface area contributed by atoms with Crippen LogP contribution < -0.4 is 10.1 Å². The van der Waals surface area contributed by atoms with E-state index in [9.17, 15) is 18.3 Å². The summed E-state index contributed by atoms with van der Waals surface area (Å²) in [6.07, 6.45) is -0.296. The van der Waals surface area contributed by atoms with E-state index in [2.05, 4.69) is 5.32 Å². The Kier molecular flexibility index (Phi) is 11.6. The van der Waals surface area contributed by atoms with Crippen LogP contribution in [0.25, 0.3) is 0 Å². The molecule has 12 heteroatoms. The van der Waals surface area contributed by atoms with Crippen molar-refractivity contribution >= 4 is 16.1 Å². The molecule has 0 radical (unpaired) electrons. The fraction of sp³-hybridized carbons (Fsp3) is 0.731. The number of nitrogens with one attached hydrogen (secondary N) is 1. The van der Waals surface area contributed by atoms with Crippen molar-refractivity contribution in [1.82, 2.24) is 9.62 Å². The molecule has 1 amide bonds. The number of unbranched alkanes of at least 4 members (excludes halogenated alkanes) is 1. The first-order valence-corrected chi connectivity index (χ1v) is 14.7. The standard InChI is InChI=1S/C26H42N2O9S/c1-5-6-12-34-16-22(27-26(30)37-24-17-36-25-21(24)11-13-35-25)23(29)15-28(14-18(2)3)38(31,32)20-9-7-19(33-4)8-10-20/h7-10,18,21-25,29H,5-6,11-17H2,1-4H3,(H,27,30)/t21-,22-,23+,24-,25+/m0/s1. The summed E-state index contributed by atoms with van der Waals surface area (Å²) in [4.78, 5) is 12.9. The molecule has 5 atom stereocenters. The lowest BCUT2D eigenvalue weighted by Crippen LogP contribution is -2.52. The molecule has 11 nitrogen and oxygen atoms in total. The number of hydrogen-bond acceptors (Lipinski definition) is 9. The third-order valence-corrected chi connectivity index (χ3v) is 8.45. The average Bonchev–Trinajstić information content (AvgIpc) is 3.50. The molecule has 0 spiro atoms. The van der Waals surface area contributed by atoms with Crippen LogP contribution in [0, 0.1) is 11.8 Å². The Bertz CT molecular complexity index is 973. The van der Waals surface area contributed by atoms with Crippen LogP contribution in [0.2, 0.25) is 0 Å². The van der Waals surface area contributed by atoms with Gasteiger partial charge in [0.1, 0.15) is 11.9 Å². The van der Waals surface area contributed by atoms with Gasteiger partial charge >= 0.3 is 6.09 Å². The van der Waals surface area contributed by atoms with E-state index in [1.54, 1.807) is 12.1 Å². The predicted octanol–water partition coefficient (Wildman–Crippen LogP) is 2.38. The zero-order chi connectivity index (χ0) is 27.7. The van der Waals surface area contributed by atoms with Crippen LogP contribution >= 0.6 is 0 Å². The number of amides is 1. The van der Waals surface area contributed by atoms with Gasteiger partial charge in [-0.15, -0.1) is 0 Å². The third-order valence-electron chi connectivity index (χ3n) is 6.61. The number of rotatable bonds is 15. The lowest BCUT2D eigenvalue weighted by atomic mass is 10.0. The molecule has 0 saturated carbocycles. The molecule has 0 aromatic heterocycles. The minimum Gasteiger partial charge on any atom is -0.497 e. The minimum atomic E-state index is -3.93. The fourth-order valence-electron chi connectivity index (χ4n) is 4.49. The fourth-order valence-corrected chi connectivity index (χ4v) is 6.11. The SMILES string of the molecule is CCCCOC[C@H](NC(=O)O[C@H]1CO[C@H]2OCC[C@H]21)[C@H](O)CN(CC(C)C)S(=O)(=O)c1ccc(OC)cc1. The van der Waals surface area contributed by atoms with Gasteiger partial charge in [-0.25, -0.2) is 13.2 Å².